The largest absolute Gasteiger partial charge is 0.467 e. The first-order valence-electron chi connectivity index (χ1n) is 7.11. The van der Waals surface area contributed by atoms with E-state index in [0.29, 0.717) is 23.7 Å². The van der Waals surface area contributed by atoms with Gasteiger partial charge in [0.15, 0.2) is 5.17 Å². The van der Waals surface area contributed by atoms with Gasteiger partial charge in [-0.25, -0.2) is 4.39 Å². The van der Waals surface area contributed by atoms with E-state index in [1.807, 2.05) is 17.0 Å². The van der Waals surface area contributed by atoms with Crippen LogP contribution in [-0.4, -0.2) is 22.4 Å². The predicted octanol–water partition coefficient (Wildman–Crippen LogP) is 4.57. The van der Waals surface area contributed by atoms with Crippen LogP contribution in [0.15, 0.2) is 46.0 Å². The molecule has 2 aromatic rings. The third kappa shape index (κ3) is 3.65. The normalized spacial score (nSPS) is 14.7. The van der Waals surface area contributed by atoms with Crippen molar-refractivity contribution < 1.29 is 8.81 Å². The number of hydrogen-bond donors (Lipinski definition) is 0. The highest BCUT2D eigenvalue weighted by molar-refractivity contribution is 8.13. The van der Waals surface area contributed by atoms with E-state index >= 15 is 0 Å². The van der Waals surface area contributed by atoms with Crippen molar-refractivity contribution >= 4 is 28.5 Å². The van der Waals surface area contributed by atoms with Crippen molar-refractivity contribution in [2.24, 2.45) is 4.99 Å². The first kappa shape index (κ1) is 15.4. The molecule has 0 saturated carbocycles. The monoisotopic (exact) mass is 338 g/mol. The van der Waals surface area contributed by atoms with E-state index in [1.54, 1.807) is 30.2 Å². The van der Waals surface area contributed by atoms with E-state index in [9.17, 15) is 4.39 Å². The van der Waals surface area contributed by atoms with Crippen molar-refractivity contribution in [1.29, 1.82) is 0 Å². The standard InChI is InChI=1S/C16H16ClFN2OS/c17-14-5-1-6-15(18)13(14)11-20(10-12-4-2-8-21-12)16-19-7-3-9-22-16/h1-2,4-6,8H,3,7,9-11H2. The van der Waals surface area contributed by atoms with E-state index in [-0.39, 0.29) is 5.82 Å². The van der Waals surface area contributed by atoms with Gasteiger partial charge in [-0.2, -0.15) is 0 Å². The second-order valence-corrected chi connectivity index (χ2v) is 6.47. The Morgan fingerprint density at radius 1 is 1.27 bits per heavy atom. The Bertz CT molecular complexity index is 640. The second-order valence-electron chi connectivity index (χ2n) is 5.00. The van der Waals surface area contributed by atoms with E-state index in [1.165, 1.54) is 6.07 Å². The van der Waals surface area contributed by atoms with Crippen LogP contribution in [0.3, 0.4) is 0 Å². The van der Waals surface area contributed by atoms with Crippen LogP contribution in [0.25, 0.3) is 0 Å². The van der Waals surface area contributed by atoms with Crippen LogP contribution in [0.1, 0.15) is 17.7 Å². The number of benzene rings is 1. The van der Waals surface area contributed by atoms with Gasteiger partial charge in [0.1, 0.15) is 11.6 Å². The van der Waals surface area contributed by atoms with Gasteiger partial charge in [0.2, 0.25) is 0 Å². The average molecular weight is 339 g/mol. The van der Waals surface area contributed by atoms with Gasteiger partial charge in [-0.05, 0) is 30.7 Å². The first-order valence-corrected chi connectivity index (χ1v) is 8.48. The van der Waals surface area contributed by atoms with Gasteiger partial charge < -0.3 is 9.32 Å². The van der Waals surface area contributed by atoms with Gasteiger partial charge in [0.05, 0.1) is 12.8 Å². The topological polar surface area (TPSA) is 28.7 Å². The number of furan rings is 1. The summed E-state index contributed by atoms with van der Waals surface area (Å²) in [4.78, 5) is 6.58. The van der Waals surface area contributed by atoms with Crippen molar-refractivity contribution in [3.05, 3.63) is 58.8 Å². The van der Waals surface area contributed by atoms with Crippen LogP contribution >= 0.6 is 23.4 Å². The third-order valence-electron chi connectivity index (χ3n) is 3.39. The van der Waals surface area contributed by atoms with Gasteiger partial charge in [0, 0.05) is 29.4 Å². The minimum atomic E-state index is -0.293. The Morgan fingerprint density at radius 3 is 2.86 bits per heavy atom. The number of hydrogen-bond acceptors (Lipinski definition) is 4. The summed E-state index contributed by atoms with van der Waals surface area (Å²) in [6.07, 6.45) is 2.71. The first-order chi connectivity index (χ1) is 10.7. The predicted molar refractivity (Wildman–Crippen MR) is 88.7 cm³/mol. The highest BCUT2D eigenvalue weighted by Crippen LogP contribution is 2.25. The molecule has 3 rings (SSSR count). The molecule has 116 valence electrons. The molecule has 0 bridgehead atoms. The number of rotatable bonds is 4. The molecule has 1 aromatic carbocycles. The molecule has 0 fully saturated rings. The van der Waals surface area contributed by atoms with Gasteiger partial charge in [-0.15, -0.1) is 0 Å². The zero-order chi connectivity index (χ0) is 15.4. The summed E-state index contributed by atoms with van der Waals surface area (Å²) < 4.78 is 19.5. The van der Waals surface area contributed by atoms with Crippen LogP contribution < -0.4 is 0 Å². The Balaban J connectivity index is 1.86. The molecule has 0 N–H and O–H groups in total. The number of thioether (sulfide) groups is 1. The Morgan fingerprint density at radius 2 is 2.18 bits per heavy atom. The van der Waals surface area contributed by atoms with Crippen LogP contribution in [0.2, 0.25) is 5.02 Å². The molecule has 0 saturated heterocycles. The van der Waals surface area contributed by atoms with Gasteiger partial charge in [-0.1, -0.05) is 29.4 Å². The van der Waals surface area contributed by atoms with Crippen LogP contribution in [-0.2, 0) is 13.1 Å². The Hall–Kier alpha value is -1.46. The summed E-state index contributed by atoms with van der Waals surface area (Å²) in [5.74, 6) is 1.55. The Labute approximate surface area is 138 Å². The Kier molecular flexibility index (Phi) is 5.05. The average Bonchev–Trinajstić information content (AvgIpc) is 3.04. The molecule has 1 aromatic heterocycles. The summed E-state index contributed by atoms with van der Waals surface area (Å²) in [7, 11) is 0. The van der Waals surface area contributed by atoms with Gasteiger partial charge in [-0.3, -0.25) is 4.99 Å². The number of nitrogens with zero attached hydrogens (tertiary/aromatic N) is 2. The SMILES string of the molecule is Fc1cccc(Cl)c1CN(Cc1ccco1)C1=NCCCS1. The number of amidine groups is 1. The van der Waals surface area contributed by atoms with E-state index in [4.69, 9.17) is 16.0 Å². The van der Waals surface area contributed by atoms with Gasteiger partial charge >= 0.3 is 0 Å². The zero-order valence-electron chi connectivity index (χ0n) is 12.0. The lowest BCUT2D eigenvalue weighted by atomic mass is 10.2. The maximum absolute atomic E-state index is 14.1. The van der Waals surface area contributed by atoms with Crippen LogP contribution in [0.5, 0.6) is 0 Å². The summed E-state index contributed by atoms with van der Waals surface area (Å²) >= 11 is 7.85. The molecular formula is C16H16ClFN2OS. The lowest BCUT2D eigenvalue weighted by molar-refractivity contribution is 0.355. The van der Waals surface area contributed by atoms with Crippen LogP contribution in [0, 0.1) is 5.82 Å². The number of halogens is 2. The molecule has 0 atom stereocenters. The van der Waals surface area contributed by atoms with Crippen molar-refractivity contribution in [1.82, 2.24) is 4.90 Å². The molecule has 3 nitrogen and oxygen atoms in total. The molecule has 0 spiro atoms. The third-order valence-corrected chi connectivity index (χ3v) is 4.88. The summed E-state index contributed by atoms with van der Waals surface area (Å²) in [6, 6.07) is 8.51. The minimum absolute atomic E-state index is 0.293. The maximum atomic E-state index is 14.1. The highest BCUT2D eigenvalue weighted by Gasteiger charge is 2.19. The summed E-state index contributed by atoms with van der Waals surface area (Å²) in [5.41, 5.74) is 0.490. The molecular weight excluding hydrogens is 323 g/mol. The smallest absolute Gasteiger partial charge is 0.159 e. The molecule has 0 radical (unpaired) electrons. The van der Waals surface area contributed by atoms with Crippen molar-refractivity contribution in [2.75, 3.05) is 12.3 Å². The molecule has 2 heterocycles. The fourth-order valence-electron chi connectivity index (χ4n) is 2.30. The second kappa shape index (κ2) is 7.20. The molecule has 1 aliphatic heterocycles. The molecule has 1 aliphatic rings. The van der Waals surface area contributed by atoms with Crippen molar-refractivity contribution in [3.8, 4) is 0 Å². The van der Waals surface area contributed by atoms with E-state index < -0.39 is 0 Å². The molecule has 0 aliphatic carbocycles. The van der Waals surface area contributed by atoms with Crippen LogP contribution in [0.4, 0.5) is 4.39 Å². The van der Waals surface area contributed by atoms with Gasteiger partial charge in [0.25, 0.3) is 0 Å². The number of aliphatic imine (C=N–C) groups is 1. The lowest BCUT2D eigenvalue weighted by Gasteiger charge is -2.27. The molecule has 0 unspecified atom stereocenters. The summed E-state index contributed by atoms with van der Waals surface area (Å²) in [6.45, 7) is 1.73. The summed E-state index contributed by atoms with van der Waals surface area (Å²) in [5, 5.41) is 1.35. The highest BCUT2D eigenvalue weighted by atomic mass is 35.5. The molecule has 6 heteroatoms. The fourth-order valence-corrected chi connectivity index (χ4v) is 3.47. The fraction of sp³-hybridized carbons (Fsp3) is 0.312. The quantitative estimate of drug-likeness (QED) is 0.817. The van der Waals surface area contributed by atoms with E-state index in [0.717, 1.165) is 29.6 Å². The van der Waals surface area contributed by atoms with E-state index in [2.05, 4.69) is 4.99 Å². The zero-order valence-corrected chi connectivity index (χ0v) is 13.5. The molecule has 0 amide bonds. The minimum Gasteiger partial charge on any atom is -0.467 e. The van der Waals surface area contributed by atoms with Crippen molar-refractivity contribution in [2.45, 2.75) is 19.5 Å². The lowest BCUT2D eigenvalue weighted by Crippen LogP contribution is -2.30. The molecule has 22 heavy (non-hydrogen) atoms. The maximum Gasteiger partial charge on any atom is 0.159 e. The van der Waals surface area contributed by atoms with Crippen molar-refractivity contribution in [3.63, 3.8) is 0 Å².